The zero-order chi connectivity index (χ0) is 21.6. The first kappa shape index (κ1) is 20.4. The fourth-order valence-corrected chi connectivity index (χ4v) is 3.28. The molecule has 3 N–H and O–H groups in total. The Morgan fingerprint density at radius 1 is 0.871 bits per heavy atom. The van der Waals surface area contributed by atoms with Crippen LogP contribution in [0.25, 0.3) is 0 Å². The molecule has 0 saturated heterocycles. The van der Waals surface area contributed by atoms with E-state index in [2.05, 4.69) is 50.0 Å². The van der Waals surface area contributed by atoms with Crippen LogP contribution in [0.4, 0.5) is 29.2 Å². The van der Waals surface area contributed by atoms with E-state index < -0.39 is 0 Å². The minimum Gasteiger partial charge on any atom is -0.497 e. The van der Waals surface area contributed by atoms with E-state index in [1.54, 1.807) is 7.11 Å². The van der Waals surface area contributed by atoms with E-state index in [1.807, 2.05) is 61.5 Å². The molecule has 0 saturated carbocycles. The summed E-state index contributed by atoms with van der Waals surface area (Å²) in [6.07, 6.45) is 7.19. The standard InChI is InChI=1S/C24H26N6O/c1-16-6-4-8-19(14-16)26-23-28-22(25-18-10-12-21(31-3)13-11-18)29-24(30-23)27-20-9-5-7-17(2)15-20/h4-14,17H,15H2,1-3H3,(H3,25,26,27,28,29,30). The molecular weight excluding hydrogens is 388 g/mol. The second kappa shape index (κ2) is 9.30. The van der Waals surface area contributed by atoms with Gasteiger partial charge in [-0.25, -0.2) is 0 Å². The van der Waals surface area contributed by atoms with Crippen LogP contribution in [0.3, 0.4) is 0 Å². The van der Waals surface area contributed by atoms with Crippen molar-refractivity contribution in [1.29, 1.82) is 0 Å². The molecular formula is C24H26N6O. The Morgan fingerprint density at radius 3 is 2.19 bits per heavy atom. The molecule has 1 unspecified atom stereocenters. The monoisotopic (exact) mass is 414 g/mol. The van der Waals surface area contributed by atoms with Crippen molar-refractivity contribution in [3.05, 3.63) is 78.0 Å². The number of allylic oxidation sites excluding steroid dienone is 4. The molecule has 1 aromatic heterocycles. The lowest BCUT2D eigenvalue weighted by molar-refractivity contribution is 0.415. The molecule has 0 fully saturated rings. The van der Waals surface area contributed by atoms with Gasteiger partial charge < -0.3 is 20.7 Å². The number of nitrogens with zero attached hydrogens (tertiary/aromatic N) is 3. The molecule has 1 aliphatic carbocycles. The van der Waals surface area contributed by atoms with Crippen LogP contribution in [0, 0.1) is 12.8 Å². The van der Waals surface area contributed by atoms with Crippen molar-refractivity contribution >= 4 is 29.2 Å². The van der Waals surface area contributed by atoms with Crippen LogP contribution < -0.4 is 20.7 Å². The Bertz CT molecular complexity index is 1110. The first-order valence-corrected chi connectivity index (χ1v) is 10.2. The second-order valence-corrected chi connectivity index (χ2v) is 7.54. The van der Waals surface area contributed by atoms with Gasteiger partial charge in [0.1, 0.15) is 5.75 Å². The Morgan fingerprint density at radius 2 is 1.55 bits per heavy atom. The molecule has 2 aromatic carbocycles. The predicted octanol–water partition coefficient (Wildman–Crippen LogP) is 5.57. The third-order valence-corrected chi connectivity index (χ3v) is 4.81. The Hall–Kier alpha value is -3.87. The average molecular weight is 415 g/mol. The highest BCUT2D eigenvalue weighted by molar-refractivity contribution is 5.60. The van der Waals surface area contributed by atoms with E-state index in [-0.39, 0.29) is 0 Å². The third kappa shape index (κ3) is 5.60. The van der Waals surface area contributed by atoms with E-state index >= 15 is 0 Å². The molecule has 0 bridgehead atoms. The molecule has 7 heteroatoms. The molecule has 0 amide bonds. The quantitative estimate of drug-likeness (QED) is 0.466. The topological polar surface area (TPSA) is 84.0 Å². The van der Waals surface area contributed by atoms with Crippen LogP contribution >= 0.6 is 0 Å². The summed E-state index contributed by atoms with van der Waals surface area (Å²) in [7, 11) is 1.64. The normalized spacial score (nSPS) is 15.2. The van der Waals surface area contributed by atoms with Crippen LogP contribution in [0.5, 0.6) is 5.75 Å². The lowest BCUT2D eigenvalue weighted by Crippen LogP contribution is -2.12. The summed E-state index contributed by atoms with van der Waals surface area (Å²) in [6.45, 7) is 4.23. The molecule has 0 radical (unpaired) electrons. The molecule has 0 spiro atoms. The van der Waals surface area contributed by atoms with Crippen molar-refractivity contribution in [2.24, 2.45) is 5.92 Å². The predicted molar refractivity (Wildman–Crippen MR) is 125 cm³/mol. The lowest BCUT2D eigenvalue weighted by Gasteiger charge is -2.16. The SMILES string of the molecule is COc1ccc(Nc2nc(NC3=CC=CC(C)C3)nc(Nc3cccc(C)c3)n2)cc1. The summed E-state index contributed by atoms with van der Waals surface area (Å²) in [5, 5.41) is 9.87. The second-order valence-electron chi connectivity index (χ2n) is 7.54. The maximum Gasteiger partial charge on any atom is 0.233 e. The molecule has 0 aliphatic heterocycles. The van der Waals surface area contributed by atoms with Crippen molar-refractivity contribution in [2.45, 2.75) is 20.3 Å². The van der Waals surface area contributed by atoms with Gasteiger partial charge in [0.2, 0.25) is 17.8 Å². The van der Waals surface area contributed by atoms with Crippen molar-refractivity contribution in [2.75, 3.05) is 23.1 Å². The van der Waals surface area contributed by atoms with Gasteiger partial charge in [-0.2, -0.15) is 15.0 Å². The highest BCUT2D eigenvalue weighted by Gasteiger charge is 2.12. The smallest absolute Gasteiger partial charge is 0.233 e. The number of hydrogen-bond acceptors (Lipinski definition) is 7. The van der Waals surface area contributed by atoms with Crippen LogP contribution in [-0.4, -0.2) is 22.1 Å². The summed E-state index contributed by atoms with van der Waals surface area (Å²) in [5.41, 5.74) is 3.99. The highest BCUT2D eigenvalue weighted by atomic mass is 16.5. The Kier molecular flexibility index (Phi) is 6.12. The molecule has 1 atom stereocenters. The largest absolute Gasteiger partial charge is 0.497 e. The third-order valence-electron chi connectivity index (χ3n) is 4.81. The van der Waals surface area contributed by atoms with E-state index in [1.165, 1.54) is 0 Å². The van der Waals surface area contributed by atoms with Gasteiger partial charge in [-0.15, -0.1) is 0 Å². The van der Waals surface area contributed by atoms with Gasteiger partial charge in [0.05, 0.1) is 7.11 Å². The first-order valence-electron chi connectivity index (χ1n) is 10.2. The Balaban J connectivity index is 1.62. The number of aryl methyl sites for hydroxylation is 1. The fourth-order valence-electron chi connectivity index (χ4n) is 3.28. The number of anilines is 5. The van der Waals surface area contributed by atoms with Crippen LogP contribution in [0.1, 0.15) is 18.9 Å². The molecule has 7 nitrogen and oxygen atoms in total. The maximum absolute atomic E-state index is 5.23. The number of methoxy groups -OCH3 is 1. The number of ether oxygens (including phenoxy) is 1. The van der Waals surface area contributed by atoms with E-state index in [4.69, 9.17) is 4.74 Å². The van der Waals surface area contributed by atoms with Gasteiger partial charge in [0.25, 0.3) is 0 Å². The maximum atomic E-state index is 5.23. The summed E-state index contributed by atoms with van der Waals surface area (Å²) >= 11 is 0. The average Bonchev–Trinajstić information content (AvgIpc) is 2.74. The van der Waals surface area contributed by atoms with Gasteiger partial charge >= 0.3 is 0 Å². The number of nitrogens with one attached hydrogen (secondary N) is 3. The van der Waals surface area contributed by atoms with Gasteiger partial charge in [0, 0.05) is 17.1 Å². The van der Waals surface area contributed by atoms with E-state index in [0.717, 1.165) is 34.8 Å². The minimum atomic E-state index is 0.442. The zero-order valence-electron chi connectivity index (χ0n) is 17.9. The number of hydrogen-bond donors (Lipinski definition) is 3. The van der Waals surface area contributed by atoms with Crippen molar-refractivity contribution in [3.8, 4) is 5.75 Å². The van der Waals surface area contributed by atoms with Crippen molar-refractivity contribution in [1.82, 2.24) is 15.0 Å². The van der Waals surface area contributed by atoms with Gasteiger partial charge in [-0.3, -0.25) is 0 Å². The number of benzene rings is 2. The lowest BCUT2D eigenvalue weighted by atomic mass is 10.0. The zero-order valence-corrected chi connectivity index (χ0v) is 17.9. The molecule has 3 aromatic rings. The van der Waals surface area contributed by atoms with Gasteiger partial charge in [-0.1, -0.05) is 31.2 Å². The van der Waals surface area contributed by atoms with Gasteiger partial charge in [-0.05, 0) is 67.3 Å². The molecule has 4 rings (SSSR count). The van der Waals surface area contributed by atoms with E-state index in [9.17, 15) is 0 Å². The summed E-state index contributed by atoms with van der Waals surface area (Å²) < 4.78 is 5.23. The van der Waals surface area contributed by atoms with E-state index in [0.29, 0.717) is 23.8 Å². The van der Waals surface area contributed by atoms with Crippen molar-refractivity contribution < 1.29 is 4.74 Å². The molecule has 1 aliphatic rings. The summed E-state index contributed by atoms with van der Waals surface area (Å²) in [6, 6.07) is 15.7. The van der Waals surface area contributed by atoms with Crippen LogP contribution in [-0.2, 0) is 0 Å². The molecule has 158 valence electrons. The van der Waals surface area contributed by atoms with Gasteiger partial charge in [0.15, 0.2) is 0 Å². The number of aromatic nitrogens is 3. The van der Waals surface area contributed by atoms with Crippen molar-refractivity contribution in [3.63, 3.8) is 0 Å². The fraction of sp³-hybridized carbons (Fsp3) is 0.208. The van der Waals surface area contributed by atoms with Crippen LogP contribution in [0.15, 0.2) is 72.5 Å². The summed E-state index contributed by atoms with van der Waals surface area (Å²) in [4.78, 5) is 13.7. The van der Waals surface area contributed by atoms with Crippen LogP contribution in [0.2, 0.25) is 0 Å². The first-order chi connectivity index (χ1) is 15.1. The highest BCUT2D eigenvalue weighted by Crippen LogP contribution is 2.23. The minimum absolute atomic E-state index is 0.442. The summed E-state index contributed by atoms with van der Waals surface area (Å²) in [5.74, 6) is 2.64. The molecule has 31 heavy (non-hydrogen) atoms. The molecule has 1 heterocycles. The Labute approximate surface area is 182 Å². The number of rotatable bonds is 7.